The largest absolute Gasteiger partial charge is 2.00 e. The zero-order chi connectivity index (χ0) is 32.3. The number of hydrogen-bond acceptors (Lipinski definition) is 6. The van der Waals surface area contributed by atoms with Gasteiger partial charge < -0.3 is 9.11 Å². The molecule has 0 fully saturated rings. The first kappa shape index (κ1) is 39.7. The van der Waals surface area contributed by atoms with Crippen molar-refractivity contribution in [1.82, 2.24) is 0 Å². The molecule has 4 aromatic carbocycles. The molecule has 45 heavy (non-hydrogen) atoms. The number of unbranched alkanes of at least 4 members (excludes halogenated alkanes) is 4. The molecule has 9 heteroatoms. The minimum absolute atomic E-state index is 0. The van der Waals surface area contributed by atoms with Crippen LogP contribution in [-0.4, -0.2) is 63.7 Å². The van der Waals surface area contributed by atoms with Crippen LogP contribution in [0.5, 0.6) is 0 Å². The van der Waals surface area contributed by atoms with Crippen molar-refractivity contribution in [3.05, 3.63) is 82.9 Å². The Morgan fingerprint density at radius 3 is 1.07 bits per heavy atom. The normalized spacial score (nSPS) is 11.7. The van der Waals surface area contributed by atoms with Crippen LogP contribution in [0.2, 0.25) is 0 Å². The third-order valence-electron chi connectivity index (χ3n) is 8.12. The molecule has 0 saturated heterocycles. The molecule has 0 heterocycles. The van der Waals surface area contributed by atoms with Crippen molar-refractivity contribution in [2.75, 3.05) is 0 Å². The Balaban J connectivity index is 0.000000307. The molecule has 0 aromatic heterocycles. The molecule has 0 radical (unpaired) electrons. The molecule has 0 amide bonds. The summed E-state index contributed by atoms with van der Waals surface area (Å²) in [5, 5.41) is 2.95. The van der Waals surface area contributed by atoms with Gasteiger partial charge in [0.25, 0.3) is 0 Å². The van der Waals surface area contributed by atoms with Gasteiger partial charge in [0.1, 0.15) is 20.2 Å². The molecule has 4 rings (SSSR count). The van der Waals surface area contributed by atoms with Gasteiger partial charge >= 0.3 is 37.7 Å². The van der Waals surface area contributed by atoms with E-state index >= 15 is 0 Å². The number of rotatable bonds is 14. The first-order chi connectivity index (χ1) is 21.0. The van der Waals surface area contributed by atoms with Crippen molar-refractivity contribution in [1.29, 1.82) is 0 Å². The van der Waals surface area contributed by atoms with E-state index in [1.165, 1.54) is 11.1 Å². The van der Waals surface area contributed by atoms with Gasteiger partial charge in [0.2, 0.25) is 0 Å². The second-order valence-electron chi connectivity index (χ2n) is 11.4. The minimum Gasteiger partial charge on any atom is -0.744 e. The Morgan fingerprint density at radius 2 is 0.778 bits per heavy atom. The van der Waals surface area contributed by atoms with Crippen molar-refractivity contribution in [3.63, 3.8) is 0 Å². The van der Waals surface area contributed by atoms with Crippen molar-refractivity contribution in [2.45, 2.75) is 115 Å². The Labute approximate surface area is 300 Å². The molecule has 0 atom stereocenters. The van der Waals surface area contributed by atoms with E-state index in [2.05, 4.69) is 27.7 Å². The first-order valence-corrected chi connectivity index (χ1v) is 18.8. The van der Waals surface area contributed by atoms with Crippen LogP contribution in [0.15, 0.2) is 70.5 Å². The summed E-state index contributed by atoms with van der Waals surface area (Å²) in [6.07, 6.45) is 11.9. The standard InChI is InChI=1S/2C18H24O3S.Ca/c2*1-3-5-9-14-13-18(22(19,20)21)17-12-8-7-11-16(17)15(14)10-6-4-2;/h2*7-8,11-13H,3-6,9-10H2,1-2H3,(H,19,20,21);/q;;+2/p-2. The van der Waals surface area contributed by atoms with Crippen molar-refractivity contribution < 1.29 is 25.9 Å². The molecule has 240 valence electrons. The van der Waals surface area contributed by atoms with Gasteiger partial charge in [-0.25, -0.2) is 16.8 Å². The summed E-state index contributed by atoms with van der Waals surface area (Å²) < 4.78 is 69.9. The van der Waals surface area contributed by atoms with Crippen LogP contribution in [0.4, 0.5) is 0 Å². The van der Waals surface area contributed by atoms with E-state index in [1.54, 1.807) is 36.4 Å². The van der Waals surface area contributed by atoms with Crippen LogP contribution in [-0.2, 0) is 45.9 Å². The van der Waals surface area contributed by atoms with Crippen LogP contribution in [0.3, 0.4) is 0 Å². The maximum atomic E-state index is 11.6. The monoisotopic (exact) mass is 678 g/mol. The van der Waals surface area contributed by atoms with Gasteiger partial charge in [0, 0.05) is 0 Å². The third kappa shape index (κ3) is 10.7. The third-order valence-corrected chi connectivity index (χ3v) is 9.87. The van der Waals surface area contributed by atoms with Crippen LogP contribution >= 0.6 is 0 Å². The summed E-state index contributed by atoms with van der Waals surface area (Å²) in [6.45, 7) is 8.50. The van der Waals surface area contributed by atoms with Crippen molar-refractivity contribution in [2.24, 2.45) is 0 Å². The van der Waals surface area contributed by atoms with Crippen LogP contribution in [0, 0.1) is 0 Å². The Bertz CT molecular complexity index is 1630. The van der Waals surface area contributed by atoms with Gasteiger partial charge in [0.05, 0.1) is 9.79 Å². The van der Waals surface area contributed by atoms with E-state index in [0.717, 1.165) is 98.9 Å². The van der Waals surface area contributed by atoms with E-state index in [0.29, 0.717) is 10.8 Å². The summed E-state index contributed by atoms with van der Waals surface area (Å²) in [4.78, 5) is -0.149. The van der Waals surface area contributed by atoms with Gasteiger partial charge in [-0.15, -0.1) is 0 Å². The average Bonchev–Trinajstić information content (AvgIpc) is 2.99. The maximum absolute atomic E-state index is 11.6. The summed E-state index contributed by atoms with van der Waals surface area (Å²) in [6, 6.07) is 18.0. The first-order valence-electron chi connectivity index (χ1n) is 16.0. The molecule has 0 N–H and O–H groups in total. The van der Waals surface area contributed by atoms with E-state index in [4.69, 9.17) is 0 Å². The molecule has 0 unspecified atom stereocenters. The predicted molar refractivity (Wildman–Crippen MR) is 184 cm³/mol. The Kier molecular flexibility index (Phi) is 16.5. The molecular formula is C36H46CaO6S2. The van der Waals surface area contributed by atoms with Crippen molar-refractivity contribution >= 4 is 79.5 Å². The number of aryl methyl sites for hydroxylation is 4. The summed E-state index contributed by atoms with van der Waals surface area (Å²) >= 11 is 0. The SMILES string of the molecule is CCCCc1cc(S(=O)(=O)[O-])c2ccccc2c1CCCC.CCCCc1cc(S(=O)(=O)[O-])c2ccccc2c1CCCC.[Ca+2]. The summed E-state index contributed by atoms with van der Waals surface area (Å²) in [5.41, 5.74) is 4.45. The fourth-order valence-corrected chi connectivity index (χ4v) is 7.27. The maximum Gasteiger partial charge on any atom is 2.00 e. The number of benzene rings is 4. The van der Waals surface area contributed by atoms with E-state index in [-0.39, 0.29) is 47.5 Å². The molecule has 4 aromatic rings. The molecule has 0 saturated carbocycles. The van der Waals surface area contributed by atoms with Crippen LogP contribution < -0.4 is 0 Å². The molecule has 6 nitrogen and oxygen atoms in total. The zero-order valence-corrected chi connectivity index (χ0v) is 31.1. The minimum atomic E-state index is -4.46. The smallest absolute Gasteiger partial charge is 0.744 e. The van der Waals surface area contributed by atoms with Gasteiger partial charge in [-0.3, -0.25) is 0 Å². The molecule has 0 aliphatic carbocycles. The molecule has 0 bridgehead atoms. The van der Waals surface area contributed by atoms with Gasteiger partial charge in [-0.05, 0) is 107 Å². The van der Waals surface area contributed by atoms with Crippen LogP contribution in [0.25, 0.3) is 21.5 Å². The molecule has 0 spiro atoms. The average molecular weight is 679 g/mol. The second kappa shape index (κ2) is 18.7. The second-order valence-corrected chi connectivity index (χ2v) is 14.1. The zero-order valence-electron chi connectivity index (χ0n) is 27.2. The number of fused-ring (bicyclic) bond motifs is 2. The van der Waals surface area contributed by atoms with E-state index < -0.39 is 20.2 Å². The molecule has 0 aliphatic rings. The number of hydrogen-bond donors (Lipinski definition) is 0. The summed E-state index contributed by atoms with van der Waals surface area (Å²) in [7, 11) is -8.93. The van der Waals surface area contributed by atoms with E-state index in [1.807, 2.05) is 24.3 Å². The van der Waals surface area contributed by atoms with E-state index in [9.17, 15) is 25.9 Å². The van der Waals surface area contributed by atoms with Crippen molar-refractivity contribution in [3.8, 4) is 0 Å². The quantitative estimate of drug-likeness (QED) is 0.0976. The fourth-order valence-electron chi connectivity index (χ4n) is 5.81. The van der Waals surface area contributed by atoms with Crippen LogP contribution in [0.1, 0.15) is 101 Å². The molecule has 0 aliphatic heterocycles. The Morgan fingerprint density at radius 1 is 0.489 bits per heavy atom. The topological polar surface area (TPSA) is 114 Å². The van der Waals surface area contributed by atoms with Gasteiger partial charge in [-0.2, -0.15) is 0 Å². The van der Waals surface area contributed by atoms with Gasteiger partial charge in [0.15, 0.2) is 0 Å². The summed E-state index contributed by atoms with van der Waals surface area (Å²) in [5.74, 6) is 0. The Hall–Kier alpha value is -1.52. The molecular weight excluding hydrogens is 633 g/mol. The predicted octanol–water partition coefficient (Wildman–Crippen LogP) is 8.48. The van der Waals surface area contributed by atoms with Gasteiger partial charge in [-0.1, -0.05) is 102 Å². The fraction of sp³-hybridized carbons (Fsp3) is 0.444.